The lowest BCUT2D eigenvalue weighted by molar-refractivity contribution is 0.211. The smallest absolute Gasteiger partial charge is 0.164 e. The fourth-order valence-corrected chi connectivity index (χ4v) is 3.45. The Kier molecular flexibility index (Phi) is 4.42. The lowest BCUT2D eigenvalue weighted by atomic mass is 9.90. The second-order valence-corrected chi connectivity index (χ2v) is 6.59. The molecule has 0 spiro atoms. The third-order valence-corrected chi connectivity index (χ3v) is 4.72. The molecule has 0 saturated heterocycles. The van der Waals surface area contributed by atoms with E-state index >= 15 is 0 Å². The number of ether oxygens (including phenoxy) is 2. The van der Waals surface area contributed by atoms with E-state index in [1.807, 2.05) is 30.9 Å². The highest BCUT2D eigenvalue weighted by Crippen LogP contribution is 2.36. The van der Waals surface area contributed by atoms with Crippen LogP contribution in [0.15, 0.2) is 61.2 Å². The number of para-hydroxylation sites is 1. The predicted octanol–water partition coefficient (Wildman–Crippen LogP) is 3.73. The predicted molar refractivity (Wildman–Crippen MR) is 97.2 cm³/mol. The molecule has 4 heteroatoms. The van der Waals surface area contributed by atoms with Crippen LogP contribution < -0.4 is 9.47 Å². The summed E-state index contributed by atoms with van der Waals surface area (Å²) in [6, 6.07) is 15.0. The molecule has 1 aromatic heterocycles. The minimum absolute atomic E-state index is 0.499. The zero-order chi connectivity index (χ0) is 17.1. The van der Waals surface area contributed by atoms with Crippen molar-refractivity contribution in [2.24, 2.45) is 5.92 Å². The topological polar surface area (TPSA) is 36.3 Å². The average Bonchev–Trinajstić information content (AvgIpc) is 3.15. The van der Waals surface area contributed by atoms with Gasteiger partial charge in [0.05, 0.1) is 20.0 Å². The maximum atomic E-state index is 5.99. The molecule has 4 rings (SSSR count). The van der Waals surface area contributed by atoms with Gasteiger partial charge in [-0.2, -0.15) is 0 Å². The van der Waals surface area contributed by atoms with Crippen molar-refractivity contribution in [2.45, 2.75) is 19.4 Å². The Hall–Kier alpha value is -2.75. The minimum Gasteiger partial charge on any atom is -0.493 e. The number of benzene rings is 2. The van der Waals surface area contributed by atoms with E-state index in [1.54, 1.807) is 7.11 Å². The van der Waals surface area contributed by atoms with Gasteiger partial charge in [-0.15, -0.1) is 0 Å². The van der Waals surface area contributed by atoms with E-state index in [0.717, 1.165) is 37.5 Å². The van der Waals surface area contributed by atoms with Crippen LogP contribution in [0, 0.1) is 5.92 Å². The van der Waals surface area contributed by atoms with Gasteiger partial charge >= 0.3 is 0 Å². The van der Waals surface area contributed by atoms with E-state index in [4.69, 9.17) is 9.47 Å². The fourth-order valence-electron chi connectivity index (χ4n) is 3.45. The van der Waals surface area contributed by atoms with Gasteiger partial charge in [-0.3, -0.25) is 0 Å². The van der Waals surface area contributed by atoms with Gasteiger partial charge in [0, 0.05) is 24.9 Å². The molecule has 0 N–H and O–H groups in total. The summed E-state index contributed by atoms with van der Waals surface area (Å²) < 4.78 is 13.5. The van der Waals surface area contributed by atoms with E-state index < -0.39 is 0 Å². The number of aromatic nitrogens is 2. The number of nitrogens with zero attached hydrogens (tertiary/aromatic N) is 2. The van der Waals surface area contributed by atoms with E-state index in [-0.39, 0.29) is 0 Å². The molecule has 0 saturated carbocycles. The summed E-state index contributed by atoms with van der Waals surface area (Å²) in [5.41, 5.74) is 3.89. The molecule has 0 fully saturated rings. The number of hydrogen-bond acceptors (Lipinski definition) is 3. The average molecular weight is 334 g/mol. The van der Waals surface area contributed by atoms with Crippen LogP contribution in [0.25, 0.3) is 0 Å². The number of fused-ring (bicyclic) bond motifs is 1. The number of methoxy groups -OCH3 is 1. The largest absolute Gasteiger partial charge is 0.493 e. The summed E-state index contributed by atoms with van der Waals surface area (Å²) in [5.74, 6) is 2.25. The van der Waals surface area contributed by atoms with Crippen LogP contribution in [-0.4, -0.2) is 23.3 Å². The minimum atomic E-state index is 0.499. The van der Waals surface area contributed by atoms with Gasteiger partial charge in [-0.1, -0.05) is 36.4 Å². The summed E-state index contributed by atoms with van der Waals surface area (Å²) in [7, 11) is 1.69. The third kappa shape index (κ3) is 3.53. The highest BCUT2D eigenvalue weighted by Gasteiger charge is 2.22. The van der Waals surface area contributed by atoms with Gasteiger partial charge in [-0.25, -0.2) is 4.98 Å². The van der Waals surface area contributed by atoms with Crippen molar-refractivity contribution in [3.8, 4) is 11.5 Å². The molecular weight excluding hydrogens is 312 g/mol. The molecule has 0 amide bonds. The van der Waals surface area contributed by atoms with Gasteiger partial charge in [0.15, 0.2) is 11.5 Å². The Bertz CT molecular complexity index is 826. The first-order chi connectivity index (χ1) is 12.3. The first-order valence-corrected chi connectivity index (χ1v) is 8.64. The van der Waals surface area contributed by atoms with Gasteiger partial charge in [-0.05, 0) is 35.6 Å². The number of rotatable bonds is 5. The lowest BCUT2D eigenvalue weighted by Crippen LogP contribution is -2.23. The number of hydrogen-bond donors (Lipinski definition) is 0. The van der Waals surface area contributed by atoms with Crippen LogP contribution in [0.2, 0.25) is 0 Å². The Morgan fingerprint density at radius 1 is 1.16 bits per heavy atom. The summed E-state index contributed by atoms with van der Waals surface area (Å²) in [5, 5.41) is 0. The fraction of sp³-hybridized carbons (Fsp3) is 0.286. The van der Waals surface area contributed by atoms with E-state index in [9.17, 15) is 0 Å². The molecule has 2 aromatic carbocycles. The molecule has 0 radical (unpaired) electrons. The van der Waals surface area contributed by atoms with Gasteiger partial charge in [0.1, 0.15) is 0 Å². The summed E-state index contributed by atoms with van der Waals surface area (Å²) in [4.78, 5) is 4.08. The molecule has 0 bridgehead atoms. The highest BCUT2D eigenvalue weighted by atomic mass is 16.5. The van der Waals surface area contributed by atoms with E-state index in [1.165, 1.54) is 16.7 Å². The summed E-state index contributed by atoms with van der Waals surface area (Å²) in [6.07, 6.45) is 7.70. The number of imidazole rings is 1. The van der Waals surface area contributed by atoms with Crippen molar-refractivity contribution < 1.29 is 9.47 Å². The van der Waals surface area contributed by atoms with Crippen molar-refractivity contribution >= 4 is 0 Å². The zero-order valence-corrected chi connectivity index (χ0v) is 14.4. The third-order valence-electron chi connectivity index (χ3n) is 4.72. The van der Waals surface area contributed by atoms with Crippen LogP contribution in [0.5, 0.6) is 11.5 Å². The Labute approximate surface area is 148 Å². The molecule has 0 aliphatic carbocycles. The monoisotopic (exact) mass is 334 g/mol. The van der Waals surface area contributed by atoms with Gasteiger partial charge in [0.2, 0.25) is 0 Å². The van der Waals surface area contributed by atoms with Crippen molar-refractivity contribution in [2.75, 3.05) is 13.7 Å². The molecule has 1 aliphatic heterocycles. The van der Waals surface area contributed by atoms with Crippen LogP contribution >= 0.6 is 0 Å². The molecule has 128 valence electrons. The molecule has 2 heterocycles. The zero-order valence-electron chi connectivity index (χ0n) is 14.4. The molecule has 1 atom stereocenters. The van der Waals surface area contributed by atoms with E-state index in [0.29, 0.717) is 5.92 Å². The molecule has 3 aromatic rings. The molecule has 4 nitrogen and oxygen atoms in total. The van der Waals surface area contributed by atoms with Crippen LogP contribution in [-0.2, 0) is 19.4 Å². The standard InChI is InChI=1S/C21H22N2O2/c1-24-20-4-2-3-19-12-18(14-25-21(19)20)11-16-5-7-17(8-6-16)13-23-10-9-22-15-23/h2-10,15,18H,11-14H2,1H3. The van der Waals surface area contributed by atoms with Crippen molar-refractivity contribution in [3.05, 3.63) is 77.9 Å². The van der Waals surface area contributed by atoms with Gasteiger partial charge < -0.3 is 14.0 Å². The second-order valence-electron chi connectivity index (χ2n) is 6.59. The van der Waals surface area contributed by atoms with Crippen molar-refractivity contribution in [3.63, 3.8) is 0 Å². The van der Waals surface area contributed by atoms with Gasteiger partial charge in [0.25, 0.3) is 0 Å². The first-order valence-electron chi connectivity index (χ1n) is 8.64. The molecule has 25 heavy (non-hydrogen) atoms. The molecule has 1 aliphatic rings. The lowest BCUT2D eigenvalue weighted by Gasteiger charge is -2.26. The Morgan fingerprint density at radius 3 is 2.76 bits per heavy atom. The van der Waals surface area contributed by atoms with E-state index in [2.05, 4.69) is 39.9 Å². The maximum Gasteiger partial charge on any atom is 0.164 e. The van der Waals surface area contributed by atoms with Crippen molar-refractivity contribution in [1.82, 2.24) is 9.55 Å². The normalized spacial score (nSPS) is 16.1. The highest BCUT2D eigenvalue weighted by molar-refractivity contribution is 5.47. The Balaban J connectivity index is 1.41. The van der Waals surface area contributed by atoms with Crippen LogP contribution in [0.3, 0.4) is 0 Å². The quantitative estimate of drug-likeness (QED) is 0.713. The maximum absolute atomic E-state index is 5.99. The summed E-state index contributed by atoms with van der Waals surface area (Å²) >= 11 is 0. The summed E-state index contributed by atoms with van der Waals surface area (Å²) in [6.45, 7) is 1.60. The second kappa shape index (κ2) is 7.01. The molecule has 1 unspecified atom stereocenters. The van der Waals surface area contributed by atoms with Crippen LogP contribution in [0.4, 0.5) is 0 Å². The SMILES string of the molecule is COc1cccc2c1OCC(Cc1ccc(Cn3ccnc3)cc1)C2. The first kappa shape index (κ1) is 15.8. The molecular formula is C21H22N2O2. The van der Waals surface area contributed by atoms with Crippen LogP contribution in [0.1, 0.15) is 16.7 Å². The van der Waals surface area contributed by atoms with Crippen molar-refractivity contribution in [1.29, 1.82) is 0 Å². The Morgan fingerprint density at radius 2 is 2.00 bits per heavy atom.